The summed E-state index contributed by atoms with van der Waals surface area (Å²) in [4.78, 5) is 4.33. The fourth-order valence-electron chi connectivity index (χ4n) is 2.32. The zero-order valence-corrected chi connectivity index (χ0v) is 16.3. The van der Waals surface area contributed by atoms with E-state index < -0.39 is 0 Å². The Hall–Kier alpha value is -0.860. The summed E-state index contributed by atoms with van der Waals surface area (Å²) in [6, 6.07) is 8.25. The minimum atomic E-state index is 0. The number of anilines is 1. The van der Waals surface area contributed by atoms with Crippen molar-refractivity contribution in [3.05, 3.63) is 29.8 Å². The van der Waals surface area contributed by atoms with Crippen LogP contribution < -0.4 is 11.1 Å². The van der Waals surface area contributed by atoms with Crippen molar-refractivity contribution < 1.29 is 9.47 Å². The lowest BCUT2D eigenvalue weighted by Gasteiger charge is -2.10. The number of rotatable bonds is 7. The van der Waals surface area contributed by atoms with Gasteiger partial charge in [0.05, 0.1) is 12.7 Å². The molecule has 23 heavy (non-hydrogen) atoms. The quantitative estimate of drug-likeness (QED) is 0.300. The highest BCUT2D eigenvalue weighted by atomic mass is 127. The highest BCUT2D eigenvalue weighted by Crippen LogP contribution is 2.18. The third-order valence-corrected chi connectivity index (χ3v) is 3.65. The average Bonchev–Trinajstić information content (AvgIpc) is 3.00. The summed E-state index contributed by atoms with van der Waals surface area (Å²) in [7, 11) is 0. The molecule has 130 valence electrons. The molecule has 1 aliphatic heterocycles. The van der Waals surface area contributed by atoms with Crippen LogP contribution in [0.3, 0.4) is 0 Å². The second kappa shape index (κ2) is 10.8. The summed E-state index contributed by atoms with van der Waals surface area (Å²) < 4.78 is 11.0. The molecule has 6 heteroatoms. The van der Waals surface area contributed by atoms with Gasteiger partial charge in [-0.05, 0) is 36.5 Å². The summed E-state index contributed by atoms with van der Waals surface area (Å²) in [5.41, 5.74) is 8.18. The molecule has 1 heterocycles. The van der Waals surface area contributed by atoms with Crippen molar-refractivity contribution in [2.45, 2.75) is 38.7 Å². The third kappa shape index (κ3) is 7.50. The average molecular weight is 433 g/mol. The molecule has 5 nitrogen and oxygen atoms in total. The van der Waals surface area contributed by atoms with Gasteiger partial charge in [0.15, 0.2) is 5.96 Å². The van der Waals surface area contributed by atoms with Crippen LogP contribution in [0.1, 0.15) is 38.2 Å². The number of hydrogen-bond donors (Lipinski definition) is 2. The van der Waals surface area contributed by atoms with Gasteiger partial charge in [-0.3, -0.25) is 4.99 Å². The molecular formula is C17H28IN3O2. The van der Waals surface area contributed by atoms with Crippen molar-refractivity contribution in [3.63, 3.8) is 0 Å². The lowest BCUT2D eigenvalue weighted by Crippen LogP contribution is -2.23. The van der Waals surface area contributed by atoms with Crippen molar-refractivity contribution in [1.29, 1.82) is 0 Å². The van der Waals surface area contributed by atoms with Crippen LogP contribution in [0.2, 0.25) is 0 Å². The van der Waals surface area contributed by atoms with Gasteiger partial charge in [0.1, 0.15) is 0 Å². The number of benzene rings is 1. The minimum absolute atomic E-state index is 0. The Morgan fingerprint density at radius 1 is 1.48 bits per heavy atom. The summed E-state index contributed by atoms with van der Waals surface area (Å²) in [6.45, 7) is 7.25. The molecule has 0 aliphatic carbocycles. The molecule has 1 aliphatic rings. The highest BCUT2D eigenvalue weighted by molar-refractivity contribution is 14.0. The van der Waals surface area contributed by atoms with Crippen LogP contribution in [0.25, 0.3) is 0 Å². The maximum atomic E-state index is 5.91. The van der Waals surface area contributed by atoms with E-state index in [1.165, 1.54) is 5.56 Å². The largest absolute Gasteiger partial charge is 0.379 e. The van der Waals surface area contributed by atoms with E-state index >= 15 is 0 Å². The topological polar surface area (TPSA) is 68.9 Å². The Kier molecular flexibility index (Phi) is 9.50. The molecule has 1 aromatic carbocycles. The van der Waals surface area contributed by atoms with E-state index in [0.717, 1.165) is 31.7 Å². The number of nitrogens with two attached hydrogens (primary N) is 1. The maximum absolute atomic E-state index is 5.91. The number of nitrogens with one attached hydrogen (secondary N) is 1. The van der Waals surface area contributed by atoms with Gasteiger partial charge >= 0.3 is 0 Å². The Morgan fingerprint density at radius 3 is 3.00 bits per heavy atom. The monoisotopic (exact) mass is 433 g/mol. The van der Waals surface area contributed by atoms with Crippen molar-refractivity contribution in [1.82, 2.24) is 0 Å². The van der Waals surface area contributed by atoms with E-state index in [4.69, 9.17) is 15.2 Å². The first-order chi connectivity index (χ1) is 10.6. The highest BCUT2D eigenvalue weighted by Gasteiger charge is 2.15. The minimum Gasteiger partial charge on any atom is -0.379 e. The lowest BCUT2D eigenvalue weighted by atomic mass is 10.0. The summed E-state index contributed by atoms with van der Waals surface area (Å²) in [5.74, 6) is 0.946. The Balaban J connectivity index is 0.00000264. The molecule has 1 fully saturated rings. The molecule has 0 amide bonds. The van der Waals surface area contributed by atoms with E-state index in [-0.39, 0.29) is 30.1 Å². The van der Waals surface area contributed by atoms with Crippen LogP contribution >= 0.6 is 24.0 Å². The van der Waals surface area contributed by atoms with Crippen LogP contribution in [0.15, 0.2) is 29.3 Å². The molecule has 1 aromatic rings. The van der Waals surface area contributed by atoms with E-state index in [0.29, 0.717) is 25.0 Å². The molecular weight excluding hydrogens is 405 g/mol. The lowest BCUT2D eigenvalue weighted by molar-refractivity contribution is 0.0424. The van der Waals surface area contributed by atoms with Crippen molar-refractivity contribution in [2.24, 2.45) is 10.7 Å². The molecule has 1 atom stereocenters. The van der Waals surface area contributed by atoms with Crippen LogP contribution in [0.5, 0.6) is 0 Å². The van der Waals surface area contributed by atoms with Crippen molar-refractivity contribution >= 4 is 35.6 Å². The molecule has 3 N–H and O–H groups in total. The number of hydrogen-bond acceptors (Lipinski definition) is 3. The predicted molar refractivity (Wildman–Crippen MR) is 106 cm³/mol. The summed E-state index contributed by atoms with van der Waals surface area (Å²) in [5, 5.41) is 3.14. The fourth-order valence-corrected chi connectivity index (χ4v) is 2.32. The maximum Gasteiger partial charge on any atom is 0.193 e. The first-order valence-electron chi connectivity index (χ1n) is 8.01. The van der Waals surface area contributed by atoms with E-state index in [1.54, 1.807) is 0 Å². The Labute approximate surface area is 156 Å². The van der Waals surface area contributed by atoms with Crippen LogP contribution in [-0.2, 0) is 9.47 Å². The number of aliphatic imine (C=N–C) groups is 1. The van der Waals surface area contributed by atoms with Gasteiger partial charge in [0.2, 0.25) is 0 Å². The van der Waals surface area contributed by atoms with E-state index in [1.807, 2.05) is 12.1 Å². The van der Waals surface area contributed by atoms with E-state index in [2.05, 4.69) is 36.3 Å². The SMILES string of the molecule is CC(C)c1cccc(NC(N)=NCCCOC2CCOC2)c1.I. The van der Waals surface area contributed by atoms with Gasteiger partial charge in [-0.15, -0.1) is 24.0 Å². The van der Waals surface area contributed by atoms with Gasteiger partial charge in [0, 0.05) is 25.4 Å². The molecule has 1 saturated heterocycles. The third-order valence-electron chi connectivity index (χ3n) is 3.65. The smallest absolute Gasteiger partial charge is 0.193 e. The van der Waals surface area contributed by atoms with Gasteiger partial charge in [0.25, 0.3) is 0 Å². The molecule has 0 radical (unpaired) electrons. The molecule has 0 aromatic heterocycles. The van der Waals surface area contributed by atoms with Crippen LogP contribution in [0.4, 0.5) is 5.69 Å². The normalized spacial score (nSPS) is 18.0. The molecule has 2 rings (SSSR count). The van der Waals surface area contributed by atoms with Crippen LogP contribution in [-0.4, -0.2) is 38.4 Å². The fraction of sp³-hybridized carbons (Fsp3) is 0.588. The van der Waals surface area contributed by atoms with Crippen molar-refractivity contribution in [2.75, 3.05) is 31.7 Å². The molecule has 0 bridgehead atoms. The number of nitrogens with zero attached hydrogens (tertiary/aromatic N) is 1. The standard InChI is InChI=1S/C17H27N3O2.HI/c1-13(2)14-5-3-6-15(11-14)20-17(18)19-8-4-9-22-16-7-10-21-12-16;/h3,5-6,11,13,16H,4,7-10,12H2,1-2H3,(H3,18,19,20);1H. The summed E-state index contributed by atoms with van der Waals surface area (Å²) in [6.07, 6.45) is 2.13. The molecule has 0 spiro atoms. The number of halogens is 1. The zero-order valence-electron chi connectivity index (χ0n) is 14.0. The first-order valence-corrected chi connectivity index (χ1v) is 8.01. The molecule has 1 unspecified atom stereocenters. The number of guanidine groups is 1. The Morgan fingerprint density at radius 2 is 2.30 bits per heavy atom. The first kappa shape index (κ1) is 20.2. The van der Waals surface area contributed by atoms with Crippen molar-refractivity contribution in [3.8, 4) is 0 Å². The second-order valence-electron chi connectivity index (χ2n) is 5.88. The van der Waals surface area contributed by atoms with Gasteiger partial charge in [-0.1, -0.05) is 26.0 Å². The predicted octanol–water partition coefficient (Wildman–Crippen LogP) is 3.35. The summed E-state index contributed by atoms with van der Waals surface area (Å²) >= 11 is 0. The Bertz CT molecular complexity index is 488. The second-order valence-corrected chi connectivity index (χ2v) is 5.88. The zero-order chi connectivity index (χ0) is 15.8. The van der Waals surface area contributed by atoms with Gasteiger partial charge < -0.3 is 20.5 Å². The van der Waals surface area contributed by atoms with Gasteiger partial charge in [-0.2, -0.15) is 0 Å². The molecule has 0 saturated carbocycles. The van der Waals surface area contributed by atoms with E-state index in [9.17, 15) is 0 Å². The number of ether oxygens (including phenoxy) is 2. The van der Waals surface area contributed by atoms with Crippen LogP contribution in [0, 0.1) is 0 Å². The van der Waals surface area contributed by atoms with Gasteiger partial charge in [-0.25, -0.2) is 0 Å².